The van der Waals surface area contributed by atoms with Crippen molar-refractivity contribution in [3.63, 3.8) is 0 Å². The molecule has 1 aliphatic heterocycles. The number of piperidine rings is 1. The minimum Gasteiger partial charge on any atom is -0.338 e. The van der Waals surface area contributed by atoms with Crippen molar-refractivity contribution in [3.8, 4) is 0 Å². The first-order valence-corrected chi connectivity index (χ1v) is 6.19. The number of nitrogens with zero attached hydrogens (tertiary/aromatic N) is 2. The van der Waals surface area contributed by atoms with Crippen LogP contribution in [-0.4, -0.2) is 35.4 Å². The zero-order chi connectivity index (χ0) is 12.3. The van der Waals surface area contributed by atoms with E-state index in [1.807, 2.05) is 4.90 Å². The molecule has 0 aliphatic carbocycles. The molecule has 0 radical (unpaired) electrons. The van der Waals surface area contributed by atoms with Crippen LogP contribution in [0, 0.1) is 5.92 Å². The molecule has 1 aliphatic rings. The molecule has 4 nitrogen and oxygen atoms in total. The van der Waals surface area contributed by atoms with E-state index in [4.69, 9.17) is 17.3 Å². The number of nitrogens with two attached hydrogens (primary N) is 1. The van der Waals surface area contributed by atoms with E-state index in [0.717, 1.165) is 25.9 Å². The van der Waals surface area contributed by atoms with E-state index in [9.17, 15) is 4.79 Å². The zero-order valence-corrected chi connectivity index (χ0v) is 10.4. The molecule has 2 rings (SSSR count). The van der Waals surface area contributed by atoms with Gasteiger partial charge >= 0.3 is 0 Å². The molecule has 1 aromatic rings. The predicted octanol–water partition coefficient (Wildman–Crippen LogP) is 1.55. The molecule has 17 heavy (non-hydrogen) atoms. The Balaban J connectivity index is 2.09. The third-order valence-electron chi connectivity index (χ3n) is 3.11. The number of carbonyl (C=O) groups is 1. The first kappa shape index (κ1) is 12.3. The largest absolute Gasteiger partial charge is 0.338 e. The van der Waals surface area contributed by atoms with Gasteiger partial charge in [0.2, 0.25) is 0 Å². The smallest absolute Gasteiger partial charge is 0.254 e. The number of rotatable bonds is 2. The summed E-state index contributed by atoms with van der Waals surface area (Å²) in [5.74, 6) is 0.442. The normalized spacial score (nSPS) is 20.4. The molecule has 2 heterocycles. The highest BCUT2D eigenvalue weighted by Gasteiger charge is 2.23. The van der Waals surface area contributed by atoms with Crippen molar-refractivity contribution in [3.05, 3.63) is 29.0 Å². The number of hydrogen-bond donors (Lipinski definition) is 1. The maximum Gasteiger partial charge on any atom is 0.254 e. The Morgan fingerprint density at radius 3 is 3.18 bits per heavy atom. The highest BCUT2D eigenvalue weighted by molar-refractivity contribution is 6.29. The Labute approximate surface area is 106 Å². The fourth-order valence-corrected chi connectivity index (χ4v) is 2.33. The van der Waals surface area contributed by atoms with Gasteiger partial charge in [-0.1, -0.05) is 11.6 Å². The number of likely N-dealkylation sites (tertiary alicyclic amines) is 1. The average molecular weight is 254 g/mol. The summed E-state index contributed by atoms with van der Waals surface area (Å²) in [5.41, 5.74) is 6.26. The van der Waals surface area contributed by atoms with Gasteiger partial charge in [0.1, 0.15) is 5.15 Å². The van der Waals surface area contributed by atoms with E-state index in [0.29, 0.717) is 23.2 Å². The molecule has 1 atom stereocenters. The van der Waals surface area contributed by atoms with Crippen LogP contribution >= 0.6 is 11.6 Å². The molecule has 0 saturated carbocycles. The van der Waals surface area contributed by atoms with Crippen LogP contribution in [0.2, 0.25) is 5.15 Å². The van der Waals surface area contributed by atoms with Gasteiger partial charge in [-0.3, -0.25) is 4.79 Å². The van der Waals surface area contributed by atoms with Gasteiger partial charge in [0.15, 0.2) is 0 Å². The number of hydrogen-bond acceptors (Lipinski definition) is 3. The van der Waals surface area contributed by atoms with E-state index in [-0.39, 0.29) is 5.91 Å². The lowest BCUT2D eigenvalue weighted by Crippen LogP contribution is -2.42. The van der Waals surface area contributed by atoms with Crippen molar-refractivity contribution in [1.82, 2.24) is 9.88 Å². The lowest BCUT2D eigenvalue weighted by Gasteiger charge is -2.32. The second-order valence-electron chi connectivity index (χ2n) is 4.36. The minimum atomic E-state index is 0.0208. The molecule has 1 fully saturated rings. The highest BCUT2D eigenvalue weighted by atomic mass is 35.5. The molecule has 5 heteroatoms. The van der Waals surface area contributed by atoms with Crippen LogP contribution in [0.15, 0.2) is 18.3 Å². The van der Waals surface area contributed by atoms with Gasteiger partial charge in [0, 0.05) is 24.8 Å². The van der Waals surface area contributed by atoms with Crippen molar-refractivity contribution in [2.75, 3.05) is 19.6 Å². The van der Waals surface area contributed by atoms with Crippen molar-refractivity contribution in [2.45, 2.75) is 12.8 Å². The number of carbonyl (C=O) groups excluding carboxylic acids is 1. The summed E-state index contributed by atoms with van der Waals surface area (Å²) in [6, 6.07) is 3.30. The summed E-state index contributed by atoms with van der Waals surface area (Å²) in [5, 5.41) is 0.350. The Kier molecular flexibility index (Phi) is 3.97. The SMILES string of the molecule is NC[C@H]1CCCN(C(=O)c2ccnc(Cl)c2)C1. The van der Waals surface area contributed by atoms with E-state index in [1.165, 1.54) is 0 Å². The molecule has 1 amide bonds. The standard InChI is InChI=1S/C12H16ClN3O/c13-11-6-10(3-4-15-11)12(17)16-5-1-2-9(7-14)8-16/h3-4,6,9H,1-2,5,7-8,14H2/t9-/m1/s1. The first-order chi connectivity index (χ1) is 8.20. The van der Waals surface area contributed by atoms with Crippen LogP contribution in [0.1, 0.15) is 23.2 Å². The van der Waals surface area contributed by atoms with Gasteiger partial charge in [-0.25, -0.2) is 4.98 Å². The van der Waals surface area contributed by atoms with E-state index >= 15 is 0 Å². The third-order valence-corrected chi connectivity index (χ3v) is 3.32. The zero-order valence-electron chi connectivity index (χ0n) is 9.60. The summed E-state index contributed by atoms with van der Waals surface area (Å²) < 4.78 is 0. The van der Waals surface area contributed by atoms with Crippen LogP contribution < -0.4 is 5.73 Å². The average Bonchev–Trinajstić information content (AvgIpc) is 2.38. The van der Waals surface area contributed by atoms with Gasteiger partial charge in [-0.05, 0) is 37.4 Å². The second kappa shape index (κ2) is 5.47. The fourth-order valence-electron chi connectivity index (χ4n) is 2.16. The Morgan fingerprint density at radius 1 is 1.65 bits per heavy atom. The van der Waals surface area contributed by atoms with Crippen LogP contribution in [0.3, 0.4) is 0 Å². The lowest BCUT2D eigenvalue weighted by atomic mass is 9.98. The highest BCUT2D eigenvalue weighted by Crippen LogP contribution is 2.18. The molecular formula is C12H16ClN3O. The molecule has 2 N–H and O–H groups in total. The Bertz CT molecular complexity index is 410. The number of aromatic nitrogens is 1. The molecule has 1 saturated heterocycles. The number of halogens is 1. The third kappa shape index (κ3) is 2.96. The van der Waals surface area contributed by atoms with Crippen LogP contribution in [0.25, 0.3) is 0 Å². The van der Waals surface area contributed by atoms with Gasteiger partial charge in [-0.2, -0.15) is 0 Å². The quantitative estimate of drug-likeness (QED) is 0.814. The summed E-state index contributed by atoms with van der Waals surface area (Å²) in [6.07, 6.45) is 3.68. The van der Waals surface area contributed by atoms with Crippen LogP contribution in [-0.2, 0) is 0 Å². The first-order valence-electron chi connectivity index (χ1n) is 5.81. The molecule has 0 bridgehead atoms. The molecule has 0 spiro atoms. The van der Waals surface area contributed by atoms with Gasteiger partial charge in [0.25, 0.3) is 5.91 Å². The molecule has 0 unspecified atom stereocenters. The summed E-state index contributed by atoms with van der Waals surface area (Å²) >= 11 is 5.78. The van der Waals surface area contributed by atoms with Gasteiger partial charge < -0.3 is 10.6 Å². The Hall–Kier alpha value is -1.13. The van der Waals surface area contributed by atoms with Crippen molar-refractivity contribution in [1.29, 1.82) is 0 Å². The van der Waals surface area contributed by atoms with E-state index in [1.54, 1.807) is 18.3 Å². The molecule has 92 valence electrons. The Morgan fingerprint density at radius 2 is 2.47 bits per heavy atom. The maximum atomic E-state index is 12.2. The van der Waals surface area contributed by atoms with E-state index in [2.05, 4.69) is 4.98 Å². The molecular weight excluding hydrogens is 238 g/mol. The number of pyridine rings is 1. The lowest BCUT2D eigenvalue weighted by molar-refractivity contribution is 0.0678. The summed E-state index contributed by atoms with van der Waals surface area (Å²) in [4.78, 5) is 17.9. The monoisotopic (exact) mass is 253 g/mol. The van der Waals surface area contributed by atoms with Crippen LogP contribution in [0.5, 0.6) is 0 Å². The molecule has 1 aromatic heterocycles. The van der Waals surface area contributed by atoms with Crippen molar-refractivity contribution < 1.29 is 4.79 Å². The van der Waals surface area contributed by atoms with Gasteiger partial charge in [0.05, 0.1) is 0 Å². The summed E-state index contributed by atoms with van der Waals surface area (Å²) in [6.45, 7) is 2.19. The minimum absolute atomic E-state index is 0.0208. The maximum absolute atomic E-state index is 12.2. The predicted molar refractivity (Wildman–Crippen MR) is 66.9 cm³/mol. The fraction of sp³-hybridized carbons (Fsp3) is 0.500. The van der Waals surface area contributed by atoms with Crippen molar-refractivity contribution >= 4 is 17.5 Å². The topological polar surface area (TPSA) is 59.2 Å². The number of amides is 1. The van der Waals surface area contributed by atoms with E-state index < -0.39 is 0 Å². The van der Waals surface area contributed by atoms with Crippen LogP contribution in [0.4, 0.5) is 0 Å². The second-order valence-corrected chi connectivity index (χ2v) is 4.75. The van der Waals surface area contributed by atoms with Crippen molar-refractivity contribution in [2.24, 2.45) is 11.7 Å². The summed E-state index contributed by atoms with van der Waals surface area (Å²) in [7, 11) is 0. The van der Waals surface area contributed by atoms with Gasteiger partial charge in [-0.15, -0.1) is 0 Å². The molecule has 0 aromatic carbocycles.